The van der Waals surface area contributed by atoms with E-state index in [1.165, 1.54) is 0 Å². The minimum absolute atomic E-state index is 0.0232. The van der Waals surface area contributed by atoms with Crippen LogP contribution in [0.4, 0.5) is 0 Å². The molecular formula is C20H21N3O2. The van der Waals surface area contributed by atoms with Crippen molar-refractivity contribution in [1.29, 1.82) is 0 Å². The van der Waals surface area contributed by atoms with Crippen LogP contribution in [0.2, 0.25) is 0 Å². The fourth-order valence-electron chi connectivity index (χ4n) is 3.39. The average Bonchev–Trinajstić information content (AvgIpc) is 3.32. The lowest BCUT2D eigenvalue weighted by Gasteiger charge is -2.07. The Balaban J connectivity index is 1.40. The van der Waals surface area contributed by atoms with Crippen molar-refractivity contribution in [3.05, 3.63) is 65.6 Å². The van der Waals surface area contributed by atoms with E-state index in [1.54, 1.807) is 7.11 Å². The molecule has 0 aliphatic heterocycles. The molecule has 1 saturated carbocycles. The van der Waals surface area contributed by atoms with Crippen LogP contribution < -0.4 is 10.1 Å². The molecular weight excluding hydrogens is 314 g/mol. The fourth-order valence-corrected chi connectivity index (χ4v) is 3.39. The molecule has 0 saturated heterocycles. The first-order chi connectivity index (χ1) is 12.2. The second kappa shape index (κ2) is 6.24. The average molecular weight is 335 g/mol. The van der Waals surface area contributed by atoms with Crippen LogP contribution in [0.1, 0.15) is 29.3 Å². The number of pyridine rings is 1. The fraction of sp³-hybridized carbons (Fsp3) is 0.300. The number of nitrogens with zero attached hydrogens (tertiary/aromatic N) is 2. The van der Waals surface area contributed by atoms with Gasteiger partial charge >= 0.3 is 0 Å². The van der Waals surface area contributed by atoms with Crippen molar-refractivity contribution in [1.82, 2.24) is 14.7 Å². The number of methoxy groups -OCH3 is 1. The lowest BCUT2D eigenvalue weighted by Crippen LogP contribution is -2.25. The Morgan fingerprint density at radius 1 is 1.28 bits per heavy atom. The number of rotatable bonds is 5. The molecule has 3 aromatic rings. The Bertz CT molecular complexity index is 932. The zero-order valence-corrected chi connectivity index (χ0v) is 14.4. The molecule has 0 radical (unpaired) electrons. The van der Waals surface area contributed by atoms with Gasteiger partial charge in [-0.1, -0.05) is 24.3 Å². The summed E-state index contributed by atoms with van der Waals surface area (Å²) >= 11 is 0. The van der Waals surface area contributed by atoms with Crippen LogP contribution in [0.5, 0.6) is 5.75 Å². The predicted octanol–water partition coefficient (Wildman–Crippen LogP) is 3.07. The van der Waals surface area contributed by atoms with E-state index >= 15 is 0 Å². The van der Waals surface area contributed by atoms with E-state index in [0.29, 0.717) is 6.54 Å². The second-order valence-corrected chi connectivity index (χ2v) is 6.54. The Morgan fingerprint density at radius 2 is 2.12 bits per heavy atom. The van der Waals surface area contributed by atoms with Crippen LogP contribution in [0.3, 0.4) is 0 Å². The first kappa shape index (κ1) is 15.7. The Hall–Kier alpha value is -2.82. The smallest absolute Gasteiger partial charge is 0.224 e. The molecule has 1 fully saturated rings. The molecule has 5 nitrogen and oxygen atoms in total. The lowest BCUT2D eigenvalue weighted by molar-refractivity contribution is -0.122. The third-order valence-electron chi connectivity index (χ3n) is 4.86. The highest BCUT2D eigenvalue weighted by atomic mass is 16.5. The minimum Gasteiger partial charge on any atom is -0.496 e. The molecule has 0 bridgehead atoms. The number of imidazole rings is 1. The van der Waals surface area contributed by atoms with Crippen LogP contribution in [-0.2, 0) is 11.3 Å². The van der Waals surface area contributed by atoms with Gasteiger partial charge in [0.25, 0.3) is 0 Å². The number of benzene rings is 1. The summed E-state index contributed by atoms with van der Waals surface area (Å²) in [4.78, 5) is 17.0. The van der Waals surface area contributed by atoms with Crippen molar-refractivity contribution < 1.29 is 9.53 Å². The molecule has 2 aromatic heterocycles. The SMILES string of the molecule is COc1ccccc1[C@H]1C[C@H]1C(=O)NCc1cn2c(C)cccc2n1. The third kappa shape index (κ3) is 2.97. The summed E-state index contributed by atoms with van der Waals surface area (Å²) in [7, 11) is 1.67. The van der Waals surface area contributed by atoms with Gasteiger partial charge in [0.1, 0.15) is 11.4 Å². The highest BCUT2D eigenvalue weighted by Gasteiger charge is 2.45. The van der Waals surface area contributed by atoms with Crippen LogP contribution in [0.15, 0.2) is 48.7 Å². The van der Waals surface area contributed by atoms with Gasteiger partial charge in [0.05, 0.1) is 19.3 Å². The van der Waals surface area contributed by atoms with E-state index in [4.69, 9.17) is 4.74 Å². The van der Waals surface area contributed by atoms with Gasteiger partial charge in [0, 0.05) is 17.8 Å². The zero-order valence-electron chi connectivity index (χ0n) is 14.4. The maximum atomic E-state index is 12.5. The van der Waals surface area contributed by atoms with E-state index < -0.39 is 0 Å². The molecule has 1 aliphatic carbocycles. The van der Waals surface area contributed by atoms with E-state index in [-0.39, 0.29) is 17.7 Å². The van der Waals surface area contributed by atoms with E-state index in [9.17, 15) is 4.79 Å². The number of fused-ring (bicyclic) bond motifs is 1. The predicted molar refractivity (Wildman–Crippen MR) is 95.6 cm³/mol. The van der Waals surface area contributed by atoms with Crippen LogP contribution >= 0.6 is 0 Å². The van der Waals surface area contributed by atoms with E-state index in [2.05, 4.69) is 10.3 Å². The third-order valence-corrected chi connectivity index (χ3v) is 4.86. The number of para-hydroxylation sites is 1. The number of ether oxygens (including phenoxy) is 1. The second-order valence-electron chi connectivity index (χ2n) is 6.54. The summed E-state index contributed by atoms with van der Waals surface area (Å²) in [5.74, 6) is 1.22. The lowest BCUT2D eigenvalue weighted by atomic mass is 10.1. The molecule has 5 heteroatoms. The van der Waals surface area contributed by atoms with Gasteiger partial charge in [0.2, 0.25) is 5.91 Å². The highest BCUT2D eigenvalue weighted by molar-refractivity contribution is 5.83. The normalized spacial score (nSPS) is 19.0. The number of aromatic nitrogens is 2. The molecule has 0 spiro atoms. The van der Waals surface area contributed by atoms with Crippen molar-refractivity contribution in [2.24, 2.45) is 5.92 Å². The van der Waals surface area contributed by atoms with Crippen molar-refractivity contribution >= 4 is 11.6 Å². The molecule has 128 valence electrons. The largest absolute Gasteiger partial charge is 0.496 e. The van der Waals surface area contributed by atoms with Gasteiger partial charge in [-0.15, -0.1) is 0 Å². The molecule has 2 atom stereocenters. The number of carbonyl (C=O) groups excluding carboxylic acids is 1. The van der Waals surface area contributed by atoms with Gasteiger partial charge in [-0.05, 0) is 43.0 Å². The quantitative estimate of drug-likeness (QED) is 0.779. The Morgan fingerprint density at radius 3 is 2.92 bits per heavy atom. The van der Waals surface area contributed by atoms with Crippen molar-refractivity contribution in [3.63, 3.8) is 0 Å². The molecule has 4 rings (SSSR count). The standard InChI is InChI=1S/C20H21N3O2/c1-13-6-5-9-19-22-14(12-23(13)19)11-21-20(24)17-10-16(17)15-7-3-4-8-18(15)25-2/h3-9,12,16-17H,10-11H2,1-2H3,(H,21,24)/t16-,17-/m1/s1. The van der Waals surface area contributed by atoms with Gasteiger partial charge in [-0.25, -0.2) is 4.98 Å². The van der Waals surface area contributed by atoms with Crippen LogP contribution in [0, 0.1) is 12.8 Å². The maximum absolute atomic E-state index is 12.5. The van der Waals surface area contributed by atoms with Crippen molar-refractivity contribution in [3.8, 4) is 5.75 Å². The number of nitrogens with one attached hydrogen (secondary N) is 1. The van der Waals surface area contributed by atoms with E-state index in [1.807, 2.05) is 60.0 Å². The number of hydrogen-bond donors (Lipinski definition) is 1. The topological polar surface area (TPSA) is 55.6 Å². The van der Waals surface area contributed by atoms with Crippen molar-refractivity contribution in [2.75, 3.05) is 7.11 Å². The number of hydrogen-bond acceptors (Lipinski definition) is 3. The molecule has 1 amide bonds. The van der Waals surface area contributed by atoms with Gasteiger partial charge in [-0.3, -0.25) is 4.79 Å². The summed E-state index contributed by atoms with van der Waals surface area (Å²) in [6.45, 7) is 2.49. The van der Waals surface area contributed by atoms with Gasteiger partial charge < -0.3 is 14.5 Å². The molecule has 25 heavy (non-hydrogen) atoms. The zero-order chi connectivity index (χ0) is 17.4. The molecule has 1 N–H and O–H groups in total. The Kier molecular flexibility index (Phi) is 3.92. The number of carbonyl (C=O) groups is 1. The summed E-state index contributed by atoms with van der Waals surface area (Å²) in [6, 6.07) is 13.9. The molecule has 1 aromatic carbocycles. The van der Waals surface area contributed by atoms with Gasteiger partial charge in [-0.2, -0.15) is 0 Å². The number of amides is 1. The molecule has 2 heterocycles. The van der Waals surface area contributed by atoms with Crippen LogP contribution in [-0.4, -0.2) is 22.4 Å². The highest BCUT2D eigenvalue weighted by Crippen LogP contribution is 2.50. The van der Waals surface area contributed by atoms with E-state index in [0.717, 1.165) is 34.8 Å². The monoisotopic (exact) mass is 335 g/mol. The first-order valence-electron chi connectivity index (χ1n) is 8.51. The van der Waals surface area contributed by atoms with Crippen molar-refractivity contribution in [2.45, 2.75) is 25.8 Å². The molecule has 0 unspecified atom stereocenters. The summed E-state index contributed by atoms with van der Waals surface area (Å²) in [5.41, 5.74) is 4.02. The van der Waals surface area contributed by atoms with Gasteiger partial charge in [0.15, 0.2) is 0 Å². The Labute approximate surface area is 146 Å². The minimum atomic E-state index is 0.0232. The summed E-state index contributed by atoms with van der Waals surface area (Å²) in [6.07, 6.45) is 2.85. The maximum Gasteiger partial charge on any atom is 0.224 e. The molecule has 1 aliphatic rings. The number of aryl methyl sites for hydroxylation is 1. The summed E-state index contributed by atoms with van der Waals surface area (Å²) in [5, 5.41) is 3.02. The summed E-state index contributed by atoms with van der Waals surface area (Å²) < 4.78 is 7.44. The van der Waals surface area contributed by atoms with Crippen LogP contribution in [0.25, 0.3) is 5.65 Å². The first-order valence-corrected chi connectivity index (χ1v) is 8.51.